The van der Waals surface area contributed by atoms with Gasteiger partial charge in [-0.25, -0.2) is 9.18 Å². The van der Waals surface area contributed by atoms with Crippen LogP contribution in [0.5, 0.6) is 0 Å². The fourth-order valence-electron chi connectivity index (χ4n) is 0.918. The van der Waals surface area contributed by atoms with Gasteiger partial charge in [0, 0.05) is 12.1 Å². The number of carboxylic acids is 1. The van der Waals surface area contributed by atoms with Gasteiger partial charge < -0.3 is 10.4 Å². The second-order valence-corrected chi connectivity index (χ2v) is 3.94. The standard InChI is InChI=1S/C10H9FINO2/c1-6(10(14)15)5-13-8-4-2-3-7(11)9(8)12/h2-4,13H,1,5H2,(H,14,15). The maximum Gasteiger partial charge on any atom is 0.332 e. The van der Waals surface area contributed by atoms with E-state index in [-0.39, 0.29) is 17.9 Å². The van der Waals surface area contributed by atoms with E-state index in [1.54, 1.807) is 12.1 Å². The number of benzene rings is 1. The summed E-state index contributed by atoms with van der Waals surface area (Å²) in [5.41, 5.74) is 0.605. The van der Waals surface area contributed by atoms with Crippen LogP contribution in [-0.4, -0.2) is 17.6 Å². The fraction of sp³-hybridized carbons (Fsp3) is 0.100. The molecule has 0 radical (unpaired) electrons. The van der Waals surface area contributed by atoms with E-state index in [0.29, 0.717) is 9.26 Å². The molecular weight excluding hydrogens is 312 g/mol. The van der Waals surface area contributed by atoms with E-state index < -0.39 is 5.97 Å². The number of hydrogen-bond donors (Lipinski definition) is 2. The van der Waals surface area contributed by atoms with E-state index in [4.69, 9.17) is 5.11 Å². The first-order valence-electron chi connectivity index (χ1n) is 4.11. The molecule has 3 nitrogen and oxygen atoms in total. The second-order valence-electron chi connectivity index (χ2n) is 2.86. The first-order chi connectivity index (χ1) is 7.02. The molecule has 0 spiro atoms. The van der Waals surface area contributed by atoms with Gasteiger partial charge in [-0.3, -0.25) is 0 Å². The van der Waals surface area contributed by atoms with Crippen molar-refractivity contribution in [1.29, 1.82) is 0 Å². The molecule has 0 bridgehead atoms. The lowest BCUT2D eigenvalue weighted by atomic mass is 10.2. The predicted molar refractivity (Wildman–Crippen MR) is 64.4 cm³/mol. The maximum atomic E-state index is 13.1. The summed E-state index contributed by atoms with van der Waals surface area (Å²) in [5, 5.41) is 11.4. The molecule has 1 aromatic carbocycles. The van der Waals surface area contributed by atoms with Crippen LogP contribution in [0.15, 0.2) is 30.4 Å². The van der Waals surface area contributed by atoms with Gasteiger partial charge >= 0.3 is 5.97 Å². The van der Waals surface area contributed by atoms with Gasteiger partial charge in [-0.05, 0) is 34.7 Å². The molecular formula is C10H9FINO2. The molecule has 0 heterocycles. The molecule has 2 N–H and O–H groups in total. The third-order valence-corrected chi connectivity index (χ3v) is 2.84. The first kappa shape index (κ1) is 12.0. The van der Waals surface area contributed by atoms with Crippen LogP contribution in [0.25, 0.3) is 0 Å². The summed E-state index contributed by atoms with van der Waals surface area (Å²) in [6.07, 6.45) is 0. The number of carbonyl (C=O) groups is 1. The maximum absolute atomic E-state index is 13.1. The SMILES string of the molecule is C=C(CNc1cccc(F)c1I)C(=O)O. The molecule has 0 atom stereocenters. The van der Waals surface area contributed by atoms with Gasteiger partial charge in [0.05, 0.1) is 9.26 Å². The largest absolute Gasteiger partial charge is 0.478 e. The van der Waals surface area contributed by atoms with Gasteiger partial charge in [0.1, 0.15) is 5.82 Å². The zero-order valence-electron chi connectivity index (χ0n) is 7.76. The molecule has 15 heavy (non-hydrogen) atoms. The molecule has 1 rings (SSSR count). The van der Waals surface area contributed by atoms with Crippen molar-refractivity contribution in [2.45, 2.75) is 0 Å². The fourth-order valence-corrected chi connectivity index (χ4v) is 1.47. The van der Waals surface area contributed by atoms with Crippen LogP contribution in [0.2, 0.25) is 0 Å². The molecule has 0 aliphatic rings. The van der Waals surface area contributed by atoms with E-state index in [2.05, 4.69) is 11.9 Å². The van der Waals surface area contributed by atoms with Crippen molar-refractivity contribution in [1.82, 2.24) is 0 Å². The molecule has 0 saturated carbocycles. The van der Waals surface area contributed by atoms with Gasteiger partial charge in [-0.1, -0.05) is 12.6 Å². The third kappa shape index (κ3) is 3.19. The van der Waals surface area contributed by atoms with Crippen LogP contribution in [0.4, 0.5) is 10.1 Å². The molecule has 0 aliphatic carbocycles. The van der Waals surface area contributed by atoms with E-state index in [1.807, 2.05) is 22.6 Å². The molecule has 0 fully saturated rings. The van der Waals surface area contributed by atoms with Crippen molar-refractivity contribution in [2.24, 2.45) is 0 Å². The van der Waals surface area contributed by atoms with Crippen molar-refractivity contribution in [2.75, 3.05) is 11.9 Å². The van der Waals surface area contributed by atoms with Gasteiger partial charge in [0.15, 0.2) is 0 Å². The zero-order chi connectivity index (χ0) is 11.4. The molecule has 0 aliphatic heterocycles. The molecule has 5 heteroatoms. The highest BCUT2D eigenvalue weighted by atomic mass is 127. The third-order valence-electron chi connectivity index (χ3n) is 1.75. The Kier molecular flexibility index (Phi) is 4.07. The number of aliphatic carboxylic acids is 1. The Bertz CT molecular complexity index is 406. The Morgan fingerprint density at radius 1 is 1.60 bits per heavy atom. The average Bonchev–Trinajstić information content (AvgIpc) is 2.19. The average molecular weight is 321 g/mol. The molecule has 1 aromatic rings. The normalized spacial score (nSPS) is 9.73. The van der Waals surface area contributed by atoms with Crippen molar-refractivity contribution < 1.29 is 14.3 Å². The molecule has 0 saturated heterocycles. The smallest absolute Gasteiger partial charge is 0.332 e. The first-order valence-corrected chi connectivity index (χ1v) is 5.19. The Morgan fingerprint density at radius 2 is 2.27 bits per heavy atom. The lowest BCUT2D eigenvalue weighted by Crippen LogP contribution is -2.12. The minimum absolute atomic E-state index is 0.0371. The lowest BCUT2D eigenvalue weighted by molar-refractivity contribution is -0.132. The highest BCUT2D eigenvalue weighted by Gasteiger charge is 2.07. The van der Waals surface area contributed by atoms with Crippen LogP contribution < -0.4 is 5.32 Å². The number of rotatable bonds is 4. The van der Waals surface area contributed by atoms with Crippen LogP contribution in [0.1, 0.15) is 0 Å². The molecule has 0 aromatic heterocycles. The van der Waals surface area contributed by atoms with Crippen LogP contribution in [0, 0.1) is 9.39 Å². The van der Waals surface area contributed by atoms with Crippen molar-refractivity contribution in [3.8, 4) is 0 Å². The number of carboxylic acid groups (broad SMARTS) is 1. The second kappa shape index (κ2) is 5.11. The highest BCUT2D eigenvalue weighted by molar-refractivity contribution is 14.1. The van der Waals surface area contributed by atoms with E-state index >= 15 is 0 Å². The minimum atomic E-state index is -1.06. The lowest BCUT2D eigenvalue weighted by Gasteiger charge is -2.08. The van der Waals surface area contributed by atoms with Gasteiger partial charge in [0.25, 0.3) is 0 Å². The summed E-state index contributed by atoms with van der Waals surface area (Å²) in [4.78, 5) is 10.5. The van der Waals surface area contributed by atoms with Crippen LogP contribution in [0.3, 0.4) is 0 Å². The van der Waals surface area contributed by atoms with Crippen molar-refractivity contribution in [3.63, 3.8) is 0 Å². The van der Waals surface area contributed by atoms with Gasteiger partial charge in [0.2, 0.25) is 0 Å². The molecule has 0 unspecified atom stereocenters. The van der Waals surface area contributed by atoms with Gasteiger partial charge in [-0.2, -0.15) is 0 Å². The Labute approximate surface area is 100 Å². The van der Waals surface area contributed by atoms with Crippen molar-refractivity contribution >= 4 is 34.2 Å². The van der Waals surface area contributed by atoms with E-state index in [0.717, 1.165) is 0 Å². The predicted octanol–water partition coefficient (Wildman–Crippen LogP) is 2.48. The van der Waals surface area contributed by atoms with Crippen LogP contribution >= 0.6 is 22.6 Å². The number of hydrogen-bond acceptors (Lipinski definition) is 2. The Balaban J connectivity index is 2.70. The summed E-state index contributed by atoms with van der Waals surface area (Å²) in [6.45, 7) is 3.46. The quantitative estimate of drug-likeness (QED) is 0.662. The zero-order valence-corrected chi connectivity index (χ0v) is 9.92. The van der Waals surface area contributed by atoms with E-state index in [1.165, 1.54) is 6.07 Å². The summed E-state index contributed by atoms with van der Waals surface area (Å²) < 4.78 is 13.5. The highest BCUT2D eigenvalue weighted by Crippen LogP contribution is 2.20. The number of anilines is 1. The number of nitrogens with one attached hydrogen (secondary N) is 1. The van der Waals surface area contributed by atoms with E-state index in [9.17, 15) is 9.18 Å². The number of halogens is 2. The van der Waals surface area contributed by atoms with Crippen molar-refractivity contribution in [3.05, 3.63) is 39.7 Å². The summed E-state index contributed by atoms with van der Waals surface area (Å²) in [5.74, 6) is -1.39. The molecule has 0 amide bonds. The summed E-state index contributed by atoms with van der Waals surface area (Å²) in [6, 6.07) is 4.59. The summed E-state index contributed by atoms with van der Waals surface area (Å²) >= 11 is 1.85. The van der Waals surface area contributed by atoms with Crippen LogP contribution in [-0.2, 0) is 4.79 Å². The monoisotopic (exact) mass is 321 g/mol. The Morgan fingerprint density at radius 3 is 2.87 bits per heavy atom. The topological polar surface area (TPSA) is 49.3 Å². The minimum Gasteiger partial charge on any atom is -0.478 e. The molecule has 80 valence electrons. The Hall–Kier alpha value is -1.11. The van der Waals surface area contributed by atoms with Gasteiger partial charge in [-0.15, -0.1) is 0 Å². The summed E-state index contributed by atoms with van der Waals surface area (Å²) in [7, 11) is 0.